The Balaban J connectivity index is 2.07. The van der Waals surface area contributed by atoms with E-state index in [0.29, 0.717) is 5.78 Å². The van der Waals surface area contributed by atoms with Gasteiger partial charge in [-0.1, -0.05) is 0 Å². The van der Waals surface area contributed by atoms with E-state index in [9.17, 15) is 4.79 Å². The van der Waals surface area contributed by atoms with Crippen LogP contribution in [0.15, 0.2) is 17.1 Å². The Morgan fingerprint density at radius 3 is 2.89 bits per heavy atom. The first-order chi connectivity index (χ1) is 8.79. The molecule has 1 fully saturated rings. The molecule has 0 aromatic carbocycles. The molecule has 18 heavy (non-hydrogen) atoms. The topological polar surface area (TPSA) is 79.2 Å². The largest absolute Gasteiger partial charge is 0.356 e. The molecule has 3 heterocycles. The number of aromatic nitrogens is 4. The van der Waals surface area contributed by atoms with Gasteiger partial charge in [-0.15, -0.1) is 5.10 Å². The summed E-state index contributed by atoms with van der Waals surface area (Å²) in [5.74, 6) is 1.19. The normalized spacial score (nSPS) is 15.2. The van der Waals surface area contributed by atoms with Crippen molar-refractivity contribution in [3.63, 3.8) is 0 Å². The van der Waals surface area contributed by atoms with Crippen molar-refractivity contribution in [2.75, 3.05) is 18.0 Å². The first-order valence-electron chi connectivity index (χ1n) is 5.88. The van der Waals surface area contributed by atoms with E-state index in [-0.39, 0.29) is 12.2 Å². The van der Waals surface area contributed by atoms with E-state index in [0.717, 1.165) is 23.6 Å². The minimum absolute atomic E-state index is 0.0543. The highest BCUT2D eigenvalue weighted by Crippen LogP contribution is 2.17. The first-order valence-corrected chi connectivity index (χ1v) is 5.88. The van der Waals surface area contributed by atoms with Crippen LogP contribution >= 0.6 is 0 Å². The molecule has 3 rings (SSSR count). The Bertz CT molecular complexity index is 673. The van der Waals surface area contributed by atoms with E-state index in [4.69, 9.17) is 5.26 Å². The fourth-order valence-electron chi connectivity index (χ4n) is 2.19. The summed E-state index contributed by atoms with van der Waals surface area (Å²) >= 11 is 0. The van der Waals surface area contributed by atoms with Gasteiger partial charge in [0.2, 0.25) is 0 Å². The van der Waals surface area contributed by atoms with Gasteiger partial charge in [0, 0.05) is 19.3 Å². The van der Waals surface area contributed by atoms with Crippen LogP contribution in [0.5, 0.6) is 0 Å². The number of hydrogen-bond donors (Lipinski definition) is 0. The summed E-state index contributed by atoms with van der Waals surface area (Å²) in [6.07, 6.45) is 4.00. The number of hydrogen-bond acceptors (Lipinski definition) is 5. The highest BCUT2D eigenvalue weighted by molar-refractivity contribution is 5.44. The van der Waals surface area contributed by atoms with E-state index in [2.05, 4.69) is 15.0 Å². The van der Waals surface area contributed by atoms with Gasteiger partial charge in [-0.3, -0.25) is 0 Å². The maximum absolute atomic E-state index is 11.8. The van der Waals surface area contributed by atoms with Crippen LogP contribution in [0.25, 0.3) is 5.78 Å². The van der Waals surface area contributed by atoms with Crippen molar-refractivity contribution in [2.24, 2.45) is 0 Å². The minimum atomic E-state index is -0.327. The van der Waals surface area contributed by atoms with E-state index in [1.807, 2.05) is 12.1 Å². The fourth-order valence-corrected chi connectivity index (χ4v) is 2.19. The lowest BCUT2D eigenvalue weighted by Crippen LogP contribution is -2.21. The number of nitriles is 1. The molecule has 2 aromatic rings. The van der Waals surface area contributed by atoms with Crippen molar-refractivity contribution < 1.29 is 0 Å². The summed E-state index contributed by atoms with van der Waals surface area (Å²) in [7, 11) is 0. The Kier molecular flexibility index (Phi) is 2.48. The molecule has 0 unspecified atom stereocenters. The molecule has 2 aromatic heterocycles. The predicted molar refractivity (Wildman–Crippen MR) is 64.3 cm³/mol. The molecule has 0 aliphatic carbocycles. The van der Waals surface area contributed by atoms with E-state index >= 15 is 0 Å². The molecule has 1 saturated heterocycles. The number of anilines is 1. The van der Waals surface area contributed by atoms with Gasteiger partial charge in [-0.25, -0.2) is 9.20 Å². The Morgan fingerprint density at radius 1 is 1.39 bits per heavy atom. The molecule has 1 aliphatic rings. The van der Waals surface area contributed by atoms with Gasteiger partial charge >= 0.3 is 5.69 Å². The molecule has 0 saturated carbocycles. The second kappa shape index (κ2) is 4.14. The monoisotopic (exact) mass is 244 g/mol. The third-order valence-electron chi connectivity index (χ3n) is 3.09. The number of fused-ring (bicyclic) bond motifs is 1. The van der Waals surface area contributed by atoms with Gasteiger partial charge in [0.15, 0.2) is 0 Å². The van der Waals surface area contributed by atoms with Crippen LogP contribution in [0.4, 0.5) is 5.82 Å². The minimum Gasteiger partial charge on any atom is -0.356 e. The zero-order chi connectivity index (χ0) is 12.5. The summed E-state index contributed by atoms with van der Waals surface area (Å²) in [6, 6.07) is 3.72. The molecule has 0 amide bonds. The molecule has 7 nitrogen and oxygen atoms in total. The Labute approximate surface area is 103 Å². The maximum atomic E-state index is 11.8. The lowest BCUT2D eigenvalue weighted by atomic mass is 10.4. The van der Waals surface area contributed by atoms with Crippen molar-refractivity contribution in [3.05, 3.63) is 22.7 Å². The Morgan fingerprint density at radius 2 is 2.17 bits per heavy atom. The lowest BCUT2D eigenvalue weighted by molar-refractivity contribution is 0.679. The lowest BCUT2D eigenvalue weighted by Gasteiger charge is -2.15. The van der Waals surface area contributed by atoms with Crippen LogP contribution in [0.1, 0.15) is 12.8 Å². The van der Waals surface area contributed by atoms with Crippen LogP contribution in [0.3, 0.4) is 0 Å². The summed E-state index contributed by atoms with van der Waals surface area (Å²) < 4.78 is 2.48. The molecule has 1 aliphatic heterocycles. The number of nitrogens with zero attached hydrogens (tertiary/aromatic N) is 6. The average molecular weight is 244 g/mol. The molecule has 7 heteroatoms. The van der Waals surface area contributed by atoms with Gasteiger partial charge in [0.25, 0.3) is 5.78 Å². The van der Waals surface area contributed by atoms with E-state index < -0.39 is 0 Å². The molecule has 0 radical (unpaired) electrons. The SMILES string of the molecule is N#CCn1nc2nc(N3CCCC3)ccn2c1=O. The van der Waals surface area contributed by atoms with Crippen LogP contribution < -0.4 is 10.6 Å². The molecule has 0 bridgehead atoms. The van der Waals surface area contributed by atoms with Crippen LogP contribution in [0.2, 0.25) is 0 Å². The van der Waals surface area contributed by atoms with Crippen LogP contribution in [-0.2, 0) is 6.54 Å². The second-order valence-corrected chi connectivity index (χ2v) is 4.25. The van der Waals surface area contributed by atoms with Gasteiger partial charge in [0.05, 0.1) is 6.07 Å². The number of rotatable bonds is 2. The quantitative estimate of drug-likeness (QED) is 0.743. The third-order valence-corrected chi connectivity index (χ3v) is 3.09. The molecule has 0 N–H and O–H groups in total. The van der Waals surface area contributed by atoms with E-state index in [1.54, 1.807) is 6.20 Å². The summed E-state index contributed by atoms with van der Waals surface area (Å²) in [5, 5.41) is 12.6. The Hall–Kier alpha value is -2.36. The highest BCUT2D eigenvalue weighted by atomic mass is 16.2. The third kappa shape index (κ3) is 1.62. The second-order valence-electron chi connectivity index (χ2n) is 4.25. The maximum Gasteiger partial charge on any atom is 0.352 e. The average Bonchev–Trinajstić information content (AvgIpc) is 2.99. The fraction of sp³-hybridized carbons (Fsp3) is 0.455. The van der Waals surface area contributed by atoms with Gasteiger partial charge in [-0.2, -0.15) is 14.9 Å². The van der Waals surface area contributed by atoms with E-state index in [1.165, 1.54) is 17.2 Å². The van der Waals surface area contributed by atoms with Crippen LogP contribution in [-0.4, -0.2) is 32.3 Å². The van der Waals surface area contributed by atoms with Crippen molar-refractivity contribution in [2.45, 2.75) is 19.4 Å². The molecule has 0 spiro atoms. The molecular weight excluding hydrogens is 232 g/mol. The van der Waals surface area contributed by atoms with Crippen molar-refractivity contribution in [1.29, 1.82) is 5.26 Å². The zero-order valence-electron chi connectivity index (χ0n) is 9.78. The predicted octanol–water partition coefficient (Wildman–Crippen LogP) is 0.0148. The van der Waals surface area contributed by atoms with Crippen molar-refractivity contribution >= 4 is 11.6 Å². The molecule has 0 atom stereocenters. The van der Waals surface area contributed by atoms with Crippen molar-refractivity contribution in [1.82, 2.24) is 19.2 Å². The highest BCUT2D eigenvalue weighted by Gasteiger charge is 2.15. The van der Waals surface area contributed by atoms with Gasteiger partial charge in [-0.05, 0) is 18.9 Å². The molecular formula is C11H12N6O. The first kappa shape index (κ1) is 10.8. The van der Waals surface area contributed by atoms with Crippen LogP contribution in [0, 0.1) is 11.3 Å². The molecule has 92 valence electrons. The smallest absolute Gasteiger partial charge is 0.352 e. The summed E-state index contributed by atoms with van der Waals surface area (Å²) in [4.78, 5) is 18.4. The van der Waals surface area contributed by atoms with Gasteiger partial charge in [0.1, 0.15) is 12.4 Å². The zero-order valence-corrected chi connectivity index (χ0v) is 9.78. The summed E-state index contributed by atoms with van der Waals surface area (Å²) in [6.45, 7) is 1.93. The standard InChI is InChI=1S/C11H12N6O/c12-4-8-17-11(18)16-7-3-9(13-10(16)14-17)15-5-1-2-6-15/h3,7H,1-2,5-6,8H2. The van der Waals surface area contributed by atoms with Crippen molar-refractivity contribution in [3.8, 4) is 6.07 Å². The summed E-state index contributed by atoms with van der Waals surface area (Å²) in [5.41, 5.74) is -0.327. The van der Waals surface area contributed by atoms with Gasteiger partial charge < -0.3 is 4.90 Å².